The number of carbonyl (C=O) groups excluding carboxylic acids is 1. The Bertz CT molecular complexity index is 1560. The topological polar surface area (TPSA) is 66.5 Å². The molecule has 0 aliphatic rings. The number of amides is 1. The molecule has 0 fully saturated rings. The van der Waals surface area contributed by atoms with Gasteiger partial charge in [0.25, 0.3) is 10.0 Å². The fourth-order valence-electron chi connectivity index (χ4n) is 4.11. The first-order valence-electron chi connectivity index (χ1n) is 11.8. The Morgan fingerprint density at radius 3 is 2.10 bits per heavy atom. The standard InChI is InChI=1S/C29H24ClF3N2O3S/c1-20-9-8-12-22(17-20)28(21-10-4-2-5-11-21)34-27(36)19-35(39(37,38)24-13-6-3-7-14-24)23-15-16-26(30)25(18-23)29(31,32)33/h2-18,28H,19H2,1H3,(H,34,36). The molecule has 5 nitrogen and oxygen atoms in total. The van der Waals surface area contributed by atoms with E-state index in [1.807, 2.05) is 61.5 Å². The monoisotopic (exact) mass is 572 g/mol. The van der Waals surface area contributed by atoms with Crippen LogP contribution in [0.5, 0.6) is 0 Å². The van der Waals surface area contributed by atoms with Gasteiger partial charge in [0.05, 0.1) is 27.2 Å². The van der Waals surface area contributed by atoms with Crippen LogP contribution < -0.4 is 9.62 Å². The smallest absolute Gasteiger partial charge is 0.344 e. The van der Waals surface area contributed by atoms with Gasteiger partial charge in [-0.1, -0.05) is 90.0 Å². The molecule has 4 aromatic rings. The number of hydrogen-bond acceptors (Lipinski definition) is 3. The number of carbonyl (C=O) groups is 1. The number of halogens is 4. The Kier molecular flexibility index (Phi) is 8.32. The van der Waals surface area contributed by atoms with Gasteiger partial charge < -0.3 is 5.32 Å². The van der Waals surface area contributed by atoms with E-state index in [9.17, 15) is 26.4 Å². The van der Waals surface area contributed by atoms with Crippen LogP contribution >= 0.6 is 11.6 Å². The highest BCUT2D eigenvalue weighted by molar-refractivity contribution is 7.92. The van der Waals surface area contributed by atoms with Crippen LogP contribution in [0.2, 0.25) is 5.02 Å². The predicted molar refractivity (Wildman–Crippen MR) is 145 cm³/mol. The molecule has 0 aromatic heterocycles. The van der Waals surface area contributed by atoms with E-state index in [0.717, 1.165) is 28.8 Å². The van der Waals surface area contributed by atoms with Gasteiger partial charge in [0.1, 0.15) is 6.54 Å². The maximum atomic E-state index is 13.6. The van der Waals surface area contributed by atoms with Gasteiger partial charge in [-0.15, -0.1) is 0 Å². The summed E-state index contributed by atoms with van der Waals surface area (Å²) in [5.74, 6) is -0.714. The minimum absolute atomic E-state index is 0.181. The normalized spacial score (nSPS) is 12.5. The Morgan fingerprint density at radius 1 is 0.872 bits per heavy atom. The molecule has 0 saturated carbocycles. The van der Waals surface area contributed by atoms with E-state index in [1.165, 1.54) is 24.3 Å². The van der Waals surface area contributed by atoms with Crippen molar-refractivity contribution in [3.63, 3.8) is 0 Å². The molecule has 4 rings (SSSR count). The molecule has 0 radical (unpaired) electrons. The lowest BCUT2D eigenvalue weighted by atomic mass is 9.97. The molecular formula is C29H24ClF3N2O3S. The molecule has 10 heteroatoms. The van der Waals surface area contributed by atoms with Crippen LogP contribution in [0, 0.1) is 6.92 Å². The molecule has 0 bridgehead atoms. The highest BCUT2D eigenvalue weighted by atomic mass is 35.5. The zero-order valence-electron chi connectivity index (χ0n) is 20.7. The molecule has 0 spiro atoms. The number of nitrogens with one attached hydrogen (secondary N) is 1. The number of anilines is 1. The minimum atomic E-state index is -4.83. The molecule has 1 amide bonds. The fraction of sp³-hybridized carbons (Fsp3) is 0.138. The van der Waals surface area contributed by atoms with Crippen molar-refractivity contribution in [1.29, 1.82) is 0 Å². The van der Waals surface area contributed by atoms with Gasteiger partial charge in [-0.25, -0.2) is 8.42 Å². The van der Waals surface area contributed by atoms with Crippen molar-refractivity contribution < 1.29 is 26.4 Å². The van der Waals surface area contributed by atoms with Crippen LogP contribution in [0.15, 0.2) is 108 Å². The lowest BCUT2D eigenvalue weighted by Gasteiger charge is -2.27. The van der Waals surface area contributed by atoms with Crippen molar-refractivity contribution >= 4 is 33.2 Å². The van der Waals surface area contributed by atoms with Crippen molar-refractivity contribution in [2.75, 3.05) is 10.8 Å². The summed E-state index contributed by atoms with van der Waals surface area (Å²) in [4.78, 5) is 13.2. The third-order valence-electron chi connectivity index (χ3n) is 5.98. The van der Waals surface area contributed by atoms with Crippen molar-refractivity contribution in [3.05, 3.63) is 130 Å². The molecule has 0 saturated heterocycles. The molecule has 39 heavy (non-hydrogen) atoms. The van der Waals surface area contributed by atoms with Crippen LogP contribution in [0.1, 0.15) is 28.3 Å². The van der Waals surface area contributed by atoms with Crippen LogP contribution in [0.3, 0.4) is 0 Å². The number of aryl methyl sites for hydroxylation is 1. The van der Waals surface area contributed by atoms with E-state index in [0.29, 0.717) is 10.4 Å². The van der Waals surface area contributed by atoms with E-state index in [-0.39, 0.29) is 10.6 Å². The number of nitrogens with zero attached hydrogens (tertiary/aromatic N) is 1. The Hall–Kier alpha value is -3.82. The second-order valence-corrected chi connectivity index (χ2v) is 11.1. The number of sulfonamides is 1. The number of alkyl halides is 3. The third-order valence-corrected chi connectivity index (χ3v) is 8.09. The van der Waals surface area contributed by atoms with Gasteiger partial charge >= 0.3 is 6.18 Å². The SMILES string of the molecule is Cc1cccc(C(NC(=O)CN(c2ccc(Cl)c(C(F)(F)F)c2)S(=O)(=O)c2ccccc2)c2ccccc2)c1. The molecule has 1 unspecified atom stereocenters. The zero-order valence-corrected chi connectivity index (χ0v) is 22.3. The number of rotatable bonds is 8. The van der Waals surface area contributed by atoms with E-state index in [2.05, 4.69) is 5.32 Å². The van der Waals surface area contributed by atoms with Crippen LogP contribution in [-0.4, -0.2) is 20.9 Å². The average Bonchev–Trinajstić information content (AvgIpc) is 2.91. The quantitative estimate of drug-likeness (QED) is 0.253. The summed E-state index contributed by atoms with van der Waals surface area (Å²) < 4.78 is 68.8. The lowest BCUT2D eigenvalue weighted by molar-refractivity contribution is -0.137. The van der Waals surface area contributed by atoms with Crippen molar-refractivity contribution in [3.8, 4) is 0 Å². The molecule has 202 valence electrons. The van der Waals surface area contributed by atoms with Crippen LogP contribution in [0.4, 0.5) is 18.9 Å². The first-order valence-corrected chi connectivity index (χ1v) is 13.6. The van der Waals surface area contributed by atoms with E-state index < -0.39 is 45.3 Å². The van der Waals surface area contributed by atoms with Gasteiger partial charge in [-0.2, -0.15) is 13.2 Å². The summed E-state index contributed by atoms with van der Waals surface area (Å²) in [5.41, 5.74) is 0.907. The first-order chi connectivity index (χ1) is 18.5. The van der Waals surface area contributed by atoms with Gasteiger partial charge in [0.2, 0.25) is 5.91 Å². The predicted octanol–water partition coefficient (Wildman–Crippen LogP) is 6.77. The third kappa shape index (κ3) is 6.61. The van der Waals surface area contributed by atoms with E-state index in [1.54, 1.807) is 6.07 Å². The lowest BCUT2D eigenvalue weighted by Crippen LogP contribution is -2.42. The fourth-order valence-corrected chi connectivity index (χ4v) is 5.77. The van der Waals surface area contributed by atoms with Crippen molar-refractivity contribution in [1.82, 2.24) is 5.32 Å². The Labute approximate surface area is 229 Å². The molecule has 1 atom stereocenters. The summed E-state index contributed by atoms with van der Waals surface area (Å²) in [6, 6.07) is 25.8. The van der Waals surface area contributed by atoms with E-state index >= 15 is 0 Å². The average molecular weight is 573 g/mol. The van der Waals surface area contributed by atoms with Gasteiger partial charge in [0.15, 0.2) is 0 Å². The Morgan fingerprint density at radius 2 is 1.49 bits per heavy atom. The first kappa shape index (κ1) is 28.2. The summed E-state index contributed by atoms with van der Waals surface area (Å²) in [7, 11) is -4.43. The highest BCUT2D eigenvalue weighted by Gasteiger charge is 2.35. The number of hydrogen-bond donors (Lipinski definition) is 1. The second kappa shape index (κ2) is 11.5. The minimum Gasteiger partial charge on any atom is -0.344 e. The Balaban J connectivity index is 1.75. The molecular weight excluding hydrogens is 549 g/mol. The summed E-state index contributed by atoms with van der Waals surface area (Å²) in [5, 5.41) is 2.28. The molecule has 0 aliphatic heterocycles. The second-order valence-electron chi connectivity index (χ2n) is 8.81. The summed E-state index contributed by atoms with van der Waals surface area (Å²) in [6.45, 7) is 1.13. The largest absolute Gasteiger partial charge is 0.417 e. The number of benzene rings is 4. The van der Waals surface area contributed by atoms with E-state index in [4.69, 9.17) is 11.6 Å². The van der Waals surface area contributed by atoms with Gasteiger partial charge in [-0.05, 0) is 48.4 Å². The van der Waals surface area contributed by atoms with Gasteiger partial charge in [-0.3, -0.25) is 9.10 Å². The summed E-state index contributed by atoms with van der Waals surface area (Å²) in [6.07, 6.45) is -4.83. The summed E-state index contributed by atoms with van der Waals surface area (Å²) >= 11 is 5.77. The van der Waals surface area contributed by atoms with Gasteiger partial charge in [0, 0.05) is 0 Å². The van der Waals surface area contributed by atoms with Crippen LogP contribution in [0.25, 0.3) is 0 Å². The molecule has 0 aliphatic carbocycles. The molecule has 4 aromatic carbocycles. The zero-order chi connectivity index (χ0) is 28.2. The molecule has 1 N–H and O–H groups in total. The maximum absolute atomic E-state index is 13.6. The van der Waals surface area contributed by atoms with Crippen LogP contribution in [-0.2, 0) is 21.0 Å². The molecule has 0 heterocycles. The maximum Gasteiger partial charge on any atom is 0.417 e. The van der Waals surface area contributed by atoms with Crippen molar-refractivity contribution in [2.24, 2.45) is 0 Å². The van der Waals surface area contributed by atoms with Crippen molar-refractivity contribution in [2.45, 2.75) is 24.0 Å². The highest BCUT2D eigenvalue weighted by Crippen LogP contribution is 2.38.